The first-order valence-electron chi connectivity index (χ1n) is 23.1. The highest BCUT2D eigenvalue weighted by Gasteiger charge is 2.49. The SMILES string of the molecule is CC(C)c1ccccc1[C@@H]1CCC[C@@H]1N1CC2(CCN(c3ccc(C(=O)NSc4cc(N=O)c5c(c4)OC[C@H]([C@H]4CC[C@](C)(O)CC4)N5)c(Oc4cnc5[nH]cc(F)c5c4)c3)CC2)C1. The first-order valence-corrected chi connectivity index (χ1v) is 23.9. The second-order valence-electron chi connectivity index (χ2n) is 19.6. The summed E-state index contributed by atoms with van der Waals surface area (Å²) in [5, 5.41) is 17.5. The lowest BCUT2D eigenvalue weighted by atomic mass is 9.70. The summed E-state index contributed by atoms with van der Waals surface area (Å²) in [7, 11) is 0. The van der Waals surface area contributed by atoms with Crippen LogP contribution < -0.4 is 24.4 Å². The van der Waals surface area contributed by atoms with E-state index in [1.54, 1.807) is 29.8 Å². The molecule has 2 saturated heterocycles. The molecule has 2 aromatic heterocycles. The van der Waals surface area contributed by atoms with Crippen molar-refractivity contribution in [3.8, 4) is 17.2 Å². The Morgan fingerprint density at radius 3 is 2.62 bits per heavy atom. The molecule has 10 rings (SSSR count). The number of aliphatic hydroxyl groups is 1. The van der Waals surface area contributed by atoms with Crippen molar-refractivity contribution in [2.75, 3.05) is 43.0 Å². The highest BCUT2D eigenvalue weighted by Crippen LogP contribution is 2.49. The number of nitrogens with zero attached hydrogens (tertiary/aromatic N) is 4. The maximum atomic E-state index is 14.6. The monoisotopic (exact) mass is 887 g/mol. The zero-order valence-electron chi connectivity index (χ0n) is 36.9. The van der Waals surface area contributed by atoms with Gasteiger partial charge in [0.15, 0.2) is 0 Å². The van der Waals surface area contributed by atoms with Crippen LogP contribution in [0.25, 0.3) is 11.0 Å². The summed E-state index contributed by atoms with van der Waals surface area (Å²) in [5.74, 6) is 1.69. The molecule has 3 aliphatic heterocycles. The van der Waals surface area contributed by atoms with E-state index in [4.69, 9.17) is 9.47 Å². The third-order valence-electron chi connectivity index (χ3n) is 15.0. The zero-order chi connectivity index (χ0) is 44.2. The molecule has 3 atom stereocenters. The largest absolute Gasteiger partial charge is 0.489 e. The second kappa shape index (κ2) is 17.3. The number of benzene rings is 3. The summed E-state index contributed by atoms with van der Waals surface area (Å²) in [5.41, 5.74) is 5.10. The number of aromatic amines is 1. The van der Waals surface area contributed by atoms with E-state index in [1.807, 2.05) is 19.1 Å². The van der Waals surface area contributed by atoms with Gasteiger partial charge < -0.3 is 29.8 Å². The van der Waals surface area contributed by atoms with Gasteiger partial charge in [-0.05, 0) is 140 Å². The minimum absolute atomic E-state index is 0.00350. The molecule has 1 amide bonds. The van der Waals surface area contributed by atoms with Crippen LogP contribution in [0, 0.1) is 22.1 Å². The fourth-order valence-corrected chi connectivity index (χ4v) is 11.9. The summed E-state index contributed by atoms with van der Waals surface area (Å²) < 4.78 is 30.1. The molecule has 4 fully saturated rings. The minimum Gasteiger partial charge on any atom is -0.489 e. The Bertz CT molecular complexity index is 2540. The van der Waals surface area contributed by atoms with Crippen molar-refractivity contribution >= 4 is 46.0 Å². The quantitative estimate of drug-likeness (QED) is 0.0747. The number of aromatic nitrogens is 2. The fourth-order valence-electron chi connectivity index (χ4n) is 11.3. The molecule has 0 bridgehead atoms. The lowest BCUT2D eigenvalue weighted by Gasteiger charge is -2.57. The van der Waals surface area contributed by atoms with Gasteiger partial charge in [-0.25, -0.2) is 9.37 Å². The van der Waals surface area contributed by atoms with Gasteiger partial charge in [0.05, 0.1) is 28.8 Å². The predicted octanol–water partition coefficient (Wildman–Crippen LogP) is 10.8. The molecule has 14 heteroatoms. The number of ether oxygens (including phenoxy) is 2. The van der Waals surface area contributed by atoms with E-state index in [2.05, 4.69) is 73.1 Å². The number of hydrogen-bond acceptors (Lipinski definition) is 11. The molecule has 12 nitrogen and oxygen atoms in total. The molecule has 0 unspecified atom stereocenters. The van der Waals surface area contributed by atoms with Crippen molar-refractivity contribution in [2.24, 2.45) is 16.5 Å². The number of piperidine rings is 1. The predicted molar refractivity (Wildman–Crippen MR) is 250 cm³/mol. The van der Waals surface area contributed by atoms with E-state index in [0.717, 1.165) is 82.3 Å². The van der Waals surface area contributed by atoms with Crippen molar-refractivity contribution in [2.45, 2.75) is 113 Å². The minimum atomic E-state index is -0.643. The maximum absolute atomic E-state index is 14.6. The average molecular weight is 888 g/mol. The summed E-state index contributed by atoms with van der Waals surface area (Å²) in [6.45, 7) is 11.0. The standard InChI is InChI=1S/C50H58FN7O5S/c1-30(2)35-7-4-5-8-36(35)37-9-6-10-43(37)58-28-50(29-58)17-19-57(20-18-50)32-11-12-38(44(21-32)63-33-22-39-40(51)26-53-47(39)52-25-33)48(59)56-64-34-23-41(55-61)46-45(24-34)62-27-42(54-46)31-13-15-49(3,60)16-14-31/h4-5,7-8,11-12,21-26,30-31,37,42-43,54,60H,6,9-10,13-20,27-29H2,1-3H3,(H,52,53)(H,56,59)/t31-,37-,42+,43-,49-/m0/s1. The van der Waals surface area contributed by atoms with Crippen LogP contribution in [0.5, 0.6) is 17.2 Å². The number of hydrogen-bond donors (Lipinski definition) is 4. The van der Waals surface area contributed by atoms with Gasteiger partial charge in [0.2, 0.25) is 0 Å². The number of fused-ring (bicyclic) bond motifs is 2. The van der Waals surface area contributed by atoms with Gasteiger partial charge in [0.1, 0.15) is 46.7 Å². The number of likely N-dealkylation sites (tertiary alicyclic amines) is 1. The number of anilines is 2. The lowest BCUT2D eigenvalue weighted by Crippen LogP contribution is -2.63. The van der Waals surface area contributed by atoms with Crippen LogP contribution in [0.15, 0.2) is 83.1 Å². The van der Waals surface area contributed by atoms with Crippen LogP contribution in [0.1, 0.15) is 112 Å². The van der Waals surface area contributed by atoms with Gasteiger partial charge in [0, 0.05) is 55.1 Å². The Kier molecular flexibility index (Phi) is 11.6. The molecule has 5 heterocycles. The molecule has 1 spiro atoms. The number of carbonyl (C=O) groups is 1. The highest BCUT2D eigenvalue weighted by molar-refractivity contribution is 7.98. The Morgan fingerprint density at radius 1 is 1.05 bits per heavy atom. The summed E-state index contributed by atoms with van der Waals surface area (Å²) in [4.78, 5) is 39.0. The van der Waals surface area contributed by atoms with Crippen LogP contribution in [0.4, 0.5) is 21.5 Å². The molecule has 3 aromatic carbocycles. The summed E-state index contributed by atoms with van der Waals surface area (Å²) >= 11 is 1.05. The summed E-state index contributed by atoms with van der Waals surface area (Å²) in [6, 6.07) is 20.3. The topological polar surface area (TPSA) is 144 Å². The first kappa shape index (κ1) is 42.8. The highest BCUT2D eigenvalue weighted by atomic mass is 32.2. The number of rotatable bonds is 11. The van der Waals surface area contributed by atoms with Crippen molar-refractivity contribution in [1.29, 1.82) is 0 Å². The smallest absolute Gasteiger partial charge is 0.265 e. The number of nitrogens with one attached hydrogen (secondary N) is 3. The third-order valence-corrected chi connectivity index (χ3v) is 15.7. The van der Waals surface area contributed by atoms with Gasteiger partial charge in [0.25, 0.3) is 5.91 Å². The average Bonchev–Trinajstić information content (AvgIpc) is 3.93. The van der Waals surface area contributed by atoms with Gasteiger partial charge in [-0.15, -0.1) is 4.91 Å². The van der Waals surface area contributed by atoms with Crippen LogP contribution in [0.2, 0.25) is 0 Å². The Labute approximate surface area is 378 Å². The molecule has 5 aromatic rings. The molecule has 5 aliphatic rings. The third kappa shape index (κ3) is 8.44. The second-order valence-corrected chi connectivity index (χ2v) is 20.5. The fraction of sp³-hybridized carbons (Fsp3) is 0.480. The van der Waals surface area contributed by atoms with E-state index in [9.17, 15) is 19.2 Å². The van der Waals surface area contributed by atoms with Crippen molar-refractivity contribution in [3.63, 3.8) is 0 Å². The first-order chi connectivity index (χ1) is 30.9. The molecule has 336 valence electrons. The van der Waals surface area contributed by atoms with Gasteiger partial charge >= 0.3 is 0 Å². The number of pyridine rings is 1. The van der Waals surface area contributed by atoms with Crippen LogP contribution in [-0.2, 0) is 0 Å². The van der Waals surface area contributed by atoms with E-state index in [0.29, 0.717) is 74.7 Å². The number of amides is 1. The lowest BCUT2D eigenvalue weighted by molar-refractivity contribution is -0.0493. The molecule has 2 saturated carbocycles. The maximum Gasteiger partial charge on any atom is 0.265 e. The molecule has 4 N–H and O–H groups in total. The molecule has 2 aliphatic carbocycles. The van der Waals surface area contributed by atoms with Crippen molar-refractivity contribution in [3.05, 3.63) is 100 Å². The number of halogens is 1. The van der Waals surface area contributed by atoms with Crippen LogP contribution in [0.3, 0.4) is 0 Å². The van der Waals surface area contributed by atoms with Crippen LogP contribution in [-0.4, -0.2) is 76.4 Å². The molecule has 64 heavy (non-hydrogen) atoms. The molecular formula is C50H58FN7O5S. The number of carbonyl (C=O) groups excluding carboxylic acids is 1. The zero-order valence-corrected chi connectivity index (χ0v) is 37.7. The van der Waals surface area contributed by atoms with Gasteiger partial charge in [-0.3, -0.25) is 14.4 Å². The Balaban J connectivity index is 0.825. The number of nitroso groups, excluding NO2 is 1. The van der Waals surface area contributed by atoms with Gasteiger partial charge in [-0.1, -0.05) is 44.5 Å². The van der Waals surface area contributed by atoms with E-state index >= 15 is 0 Å². The van der Waals surface area contributed by atoms with Crippen LogP contribution >= 0.6 is 11.9 Å². The molecule has 0 radical (unpaired) electrons. The summed E-state index contributed by atoms with van der Waals surface area (Å²) in [6.07, 6.45) is 11.9. The Morgan fingerprint density at radius 2 is 1.84 bits per heavy atom. The normalized spacial score (nSPS) is 25.4. The van der Waals surface area contributed by atoms with E-state index < -0.39 is 17.3 Å². The van der Waals surface area contributed by atoms with Crippen molar-refractivity contribution < 1.29 is 23.8 Å². The van der Waals surface area contributed by atoms with Crippen molar-refractivity contribution in [1.82, 2.24) is 19.6 Å². The van der Waals surface area contributed by atoms with E-state index in [-0.39, 0.29) is 17.3 Å². The molecular weight excluding hydrogens is 830 g/mol. The van der Waals surface area contributed by atoms with Gasteiger partial charge in [-0.2, -0.15) is 0 Å². The Hall–Kier alpha value is -5.18. The number of H-pyrrole nitrogens is 1. The van der Waals surface area contributed by atoms with E-state index in [1.165, 1.54) is 37.2 Å².